The minimum Gasteiger partial charge on any atom is -0.332 e. The van der Waals surface area contributed by atoms with E-state index in [-0.39, 0.29) is 11.5 Å². The number of hydrogen-bond acceptors (Lipinski definition) is 5. The van der Waals surface area contributed by atoms with Crippen LogP contribution in [0.2, 0.25) is 0 Å². The van der Waals surface area contributed by atoms with Gasteiger partial charge in [-0.25, -0.2) is 13.8 Å². The molecule has 2 aliphatic rings. The van der Waals surface area contributed by atoms with Gasteiger partial charge in [0.25, 0.3) is 5.91 Å². The molecule has 1 aliphatic carbocycles. The molecular weight excluding hydrogens is 361 g/mol. The molecule has 1 aliphatic heterocycles. The van der Waals surface area contributed by atoms with Gasteiger partial charge in [0.2, 0.25) is 0 Å². The van der Waals surface area contributed by atoms with Gasteiger partial charge in [0.05, 0.1) is 47.6 Å². The Kier molecular flexibility index (Phi) is 3.96. The van der Waals surface area contributed by atoms with E-state index in [0.29, 0.717) is 37.2 Å². The number of carbonyl (C=O) groups excluding carboxylic acids is 1. The van der Waals surface area contributed by atoms with Crippen molar-refractivity contribution >= 4 is 5.91 Å². The zero-order chi connectivity index (χ0) is 19.3. The summed E-state index contributed by atoms with van der Waals surface area (Å²) in [6, 6.07) is 4.74. The number of halogens is 1. The summed E-state index contributed by atoms with van der Waals surface area (Å²) in [6.07, 6.45) is 5.98. The third kappa shape index (κ3) is 2.78. The Morgan fingerprint density at radius 1 is 1.25 bits per heavy atom. The van der Waals surface area contributed by atoms with Crippen molar-refractivity contribution in [3.63, 3.8) is 0 Å². The van der Waals surface area contributed by atoms with Gasteiger partial charge in [-0.3, -0.25) is 4.79 Å². The van der Waals surface area contributed by atoms with E-state index in [4.69, 9.17) is 0 Å². The molecule has 0 atom stereocenters. The van der Waals surface area contributed by atoms with Crippen LogP contribution in [0.15, 0.2) is 30.6 Å². The monoisotopic (exact) mass is 381 g/mol. The Morgan fingerprint density at radius 2 is 2.11 bits per heavy atom. The molecule has 28 heavy (non-hydrogen) atoms. The van der Waals surface area contributed by atoms with Gasteiger partial charge >= 0.3 is 0 Å². The van der Waals surface area contributed by atoms with Crippen LogP contribution in [-0.4, -0.2) is 47.3 Å². The van der Waals surface area contributed by atoms with E-state index in [1.807, 2.05) is 4.68 Å². The standard InChI is InChI=1S/C19H20FN7O/c1-12-8-14(9-12)27-18-11-25(6-4-17(18)22-24-27)19(28)15-10-13(2-3-16(15)20)26-7-5-21-23-26/h2-3,5,7,10,12,14H,4,6,8-9,11H2,1H3. The van der Waals surface area contributed by atoms with Crippen LogP contribution >= 0.6 is 0 Å². The van der Waals surface area contributed by atoms with Gasteiger partial charge in [0.15, 0.2) is 0 Å². The number of carbonyl (C=O) groups is 1. The molecule has 0 unspecified atom stereocenters. The van der Waals surface area contributed by atoms with Gasteiger partial charge in [-0.1, -0.05) is 17.4 Å². The van der Waals surface area contributed by atoms with E-state index in [1.165, 1.54) is 23.0 Å². The third-order valence-electron chi connectivity index (χ3n) is 5.68. The smallest absolute Gasteiger partial charge is 0.257 e. The SMILES string of the molecule is CC1CC(n2nnc3c2CN(C(=O)c2cc(-n4ccnn4)ccc2F)CC3)C1. The lowest BCUT2D eigenvalue weighted by atomic mass is 9.82. The second-order valence-electron chi connectivity index (χ2n) is 7.65. The van der Waals surface area contributed by atoms with E-state index in [9.17, 15) is 9.18 Å². The van der Waals surface area contributed by atoms with E-state index in [0.717, 1.165) is 24.2 Å². The molecule has 144 valence electrons. The molecule has 1 fully saturated rings. The maximum absolute atomic E-state index is 14.4. The van der Waals surface area contributed by atoms with Crippen LogP contribution in [-0.2, 0) is 13.0 Å². The van der Waals surface area contributed by atoms with Crippen molar-refractivity contribution in [3.05, 3.63) is 53.4 Å². The Bertz CT molecular complexity index is 1020. The van der Waals surface area contributed by atoms with Crippen molar-refractivity contribution in [2.75, 3.05) is 6.54 Å². The topological polar surface area (TPSA) is 81.7 Å². The number of amides is 1. The Morgan fingerprint density at radius 3 is 2.86 bits per heavy atom. The van der Waals surface area contributed by atoms with Crippen molar-refractivity contribution in [1.29, 1.82) is 0 Å². The fourth-order valence-corrected chi connectivity index (χ4v) is 4.07. The summed E-state index contributed by atoms with van der Waals surface area (Å²) in [5.74, 6) is -0.182. The largest absolute Gasteiger partial charge is 0.332 e. The molecule has 2 aromatic heterocycles. The first kappa shape index (κ1) is 17.0. The first-order chi connectivity index (χ1) is 13.6. The maximum atomic E-state index is 14.4. The minimum atomic E-state index is -0.542. The summed E-state index contributed by atoms with van der Waals surface area (Å²) in [4.78, 5) is 14.8. The zero-order valence-electron chi connectivity index (χ0n) is 15.5. The van der Waals surface area contributed by atoms with Crippen LogP contribution in [0.3, 0.4) is 0 Å². The molecule has 8 nitrogen and oxygen atoms in total. The molecule has 0 N–H and O–H groups in total. The number of benzene rings is 1. The van der Waals surface area contributed by atoms with Crippen molar-refractivity contribution < 1.29 is 9.18 Å². The van der Waals surface area contributed by atoms with Gasteiger partial charge < -0.3 is 4.90 Å². The van der Waals surface area contributed by atoms with Crippen LogP contribution < -0.4 is 0 Å². The highest BCUT2D eigenvalue weighted by Crippen LogP contribution is 2.38. The average molecular weight is 381 g/mol. The molecule has 0 bridgehead atoms. The van der Waals surface area contributed by atoms with Crippen molar-refractivity contribution in [2.45, 2.75) is 38.8 Å². The van der Waals surface area contributed by atoms with Gasteiger partial charge in [-0.15, -0.1) is 10.2 Å². The highest BCUT2D eigenvalue weighted by molar-refractivity contribution is 5.95. The molecule has 0 radical (unpaired) electrons. The summed E-state index contributed by atoms with van der Waals surface area (Å²) >= 11 is 0. The summed E-state index contributed by atoms with van der Waals surface area (Å²) < 4.78 is 17.9. The number of hydrogen-bond donors (Lipinski definition) is 0. The van der Waals surface area contributed by atoms with Gasteiger partial charge in [-0.05, 0) is 37.0 Å². The lowest BCUT2D eigenvalue weighted by Gasteiger charge is -2.35. The van der Waals surface area contributed by atoms with Crippen molar-refractivity contribution in [1.82, 2.24) is 34.9 Å². The fraction of sp³-hybridized carbons (Fsp3) is 0.421. The quantitative estimate of drug-likeness (QED) is 0.694. The second-order valence-corrected chi connectivity index (χ2v) is 7.65. The second kappa shape index (κ2) is 6.50. The first-order valence-corrected chi connectivity index (χ1v) is 9.48. The number of fused-ring (bicyclic) bond motifs is 1. The highest BCUT2D eigenvalue weighted by Gasteiger charge is 2.34. The summed E-state index contributed by atoms with van der Waals surface area (Å²) in [6.45, 7) is 3.12. The van der Waals surface area contributed by atoms with Crippen molar-refractivity contribution in [2.24, 2.45) is 5.92 Å². The number of rotatable bonds is 3. The molecule has 3 aromatic rings. The summed E-state index contributed by atoms with van der Waals surface area (Å²) in [5, 5.41) is 16.3. The molecule has 9 heteroatoms. The van der Waals surface area contributed by atoms with Crippen LogP contribution in [0, 0.1) is 11.7 Å². The molecule has 0 saturated heterocycles. The lowest BCUT2D eigenvalue weighted by Crippen LogP contribution is -2.38. The highest BCUT2D eigenvalue weighted by atomic mass is 19.1. The zero-order valence-corrected chi connectivity index (χ0v) is 15.5. The fourth-order valence-electron chi connectivity index (χ4n) is 4.07. The average Bonchev–Trinajstić information content (AvgIpc) is 3.35. The third-order valence-corrected chi connectivity index (χ3v) is 5.68. The van der Waals surface area contributed by atoms with Gasteiger partial charge in [0, 0.05) is 13.0 Å². The Balaban J connectivity index is 1.41. The minimum absolute atomic E-state index is 0.0349. The summed E-state index contributed by atoms with van der Waals surface area (Å²) in [7, 11) is 0. The Labute approximate surface area is 160 Å². The van der Waals surface area contributed by atoms with Crippen molar-refractivity contribution in [3.8, 4) is 5.69 Å². The molecule has 0 spiro atoms. The first-order valence-electron chi connectivity index (χ1n) is 9.48. The molecule has 1 aromatic carbocycles. The molecular formula is C19H20FN7O. The predicted molar refractivity (Wildman–Crippen MR) is 97.2 cm³/mol. The van der Waals surface area contributed by atoms with E-state index in [1.54, 1.807) is 17.2 Å². The Hall–Kier alpha value is -3.10. The van der Waals surface area contributed by atoms with Crippen LogP contribution in [0.4, 0.5) is 4.39 Å². The van der Waals surface area contributed by atoms with E-state index in [2.05, 4.69) is 27.5 Å². The van der Waals surface area contributed by atoms with Gasteiger partial charge in [-0.2, -0.15) is 0 Å². The van der Waals surface area contributed by atoms with E-state index >= 15 is 0 Å². The van der Waals surface area contributed by atoms with Crippen LogP contribution in [0.5, 0.6) is 0 Å². The maximum Gasteiger partial charge on any atom is 0.257 e. The lowest BCUT2D eigenvalue weighted by molar-refractivity contribution is 0.0718. The van der Waals surface area contributed by atoms with Crippen LogP contribution in [0.1, 0.15) is 47.6 Å². The molecule has 1 saturated carbocycles. The van der Waals surface area contributed by atoms with E-state index < -0.39 is 5.82 Å². The molecule has 5 rings (SSSR count). The normalized spacial score (nSPS) is 21.3. The molecule has 3 heterocycles. The molecule has 1 amide bonds. The van der Waals surface area contributed by atoms with Gasteiger partial charge in [0.1, 0.15) is 5.82 Å². The number of nitrogens with zero attached hydrogens (tertiary/aromatic N) is 7. The predicted octanol–water partition coefficient (Wildman–Crippen LogP) is 2.17. The summed E-state index contributed by atoms with van der Waals surface area (Å²) in [5.41, 5.74) is 2.55. The number of aromatic nitrogens is 6. The van der Waals surface area contributed by atoms with Crippen LogP contribution in [0.25, 0.3) is 5.69 Å².